The topological polar surface area (TPSA) is 38.0 Å². The molecule has 0 fully saturated rings. The predicted octanol–water partition coefficient (Wildman–Crippen LogP) is 1.61. The summed E-state index contributed by atoms with van der Waals surface area (Å²) in [5.74, 6) is 0.777. The van der Waals surface area contributed by atoms with Gasteiger partial charge in [0.2, 0.25) is 0 Å². The van der Waals surface area contributed by atoms with Gasteiger partial charge in [-0.3, -0.25) is 0 Å². The predicted molar refractivity (Wildman–Crippen MR) is 55.2 cm³/mol. The molecule has 0 aromatic carbocycles. The van der Waals surface area contributed by atoms with Crippen molar-refractivity contribution < 1.29 is 0 Å². The van der Waals surface area contributed by atoms with E-state index in [1.54, 1.807) is 0 Å². The maximum atomic E-state index is 5.40. The number of nitrogens with one attached hydrogen (secondary N) is 1. The van der Waals surface area contributed by atoms with Crippen molar-refractivity contribution in [2.45, 2.75) is 34.1 Å². The Morgan fingerprint density at radius 3 is 2.33 bits per heavy atom. The Hall–Kier alpha value is -0.0800. The summed E-state index contributed by atoms with van der Waals surface area (Å²) in [6.07, 6.45) is 1.27. The molecule has 0 aromatic heterocycles. The van der Waals surface area contributed by atoms with Gasteiger partial charge in [0.15, 0.2) is 0 Å². The molecule has 12 heavy (non-hydrogen) atoms. The molecule has 74 valence electrons. The second-order valence-corrected chi connectivity index (χ2v) is 4.73. The molecule has 0 aliphatic rings. The number of hydrogen-bond acceptors (Lipinski definition) is 2. The van der Waals surface area contributed by atoms with Gasteiger partial charge in [-0.25, -0.2) is 0 Å². The van der Waals surface area contributed by atoms with Crippen LogP contribution in [-0.2, 0) is 0 Å². The molecule has 0 rings (SSSR count). The first-order chi connectivity index (χ1) is 5.48. The summed E-state index contributed by atoms with van der Waals surface area (Å²) in [5, 5.41) is 3.36. The van der Waals surface area contributed by atoms with Crippen LogP contribution in [0.1, 0.15) is 34.1 Å². The van der Waals surface area contributed by atoms with Crippen LogP contribution in [0.2, 0.25) is 0 Å². The Morgan fingerprint density at radius 1 is 1.33 bits per heavy atom. The van der Waals surface area contributed by atoms with Gasteiger partial charge in [0.25, 0.3) is 0 Å². The molecule has 0 saturated heterocycles. The minimum absolute atomic E-state index is 0.406. The van der Waals surface area contributed by atoms with E-state index in [2.05, 4.69) is 33.0 Å². The second-order valence-electron chi connectivity index (χ2n) is 4.73. The first kappa shape index (κ1) is 11.9. The standard InChI is InChI=1S/C10H24N2/c1-9(2)7-10(3,4)8-12-6-5-11/h9,12H,5-8,11H2,1-4H3. The average Bonchev–Trinajstić information content (AvgIpc) is 1.84. The molecule has 2 heteroatoms. The fraction of sp³-hybridized carbons (Fsp3) is 1.00. The average molecular weight is 172 g/mol. The first-order valence-electron chi connectivity index (χ1n) is 4.89. The van der Waals surface area contributed by atoms with E-state index in [1.807, 2.05) is 0 Å². The molecule has 0 amide bonds. The highest BCUT2D eigenvalue weighted by molar-refractivity contribution is 4.72. The highest BCUT2D eigenvalue weighted by Crippen LogP contribution is 2.23. The molecule has 0 aliphatic heterocycles. The lowest BCUT2D eigenvalue weighted by Gasteiger charge is -2.26. The monoisotopic (exact) mass is 172 g/mol. The Labute approximate surface area is 76.9 Å². The normalized spacial score (nSPS) is 12.5. The van der Waals surface area contributed by atoms with Crippen molar-refractivity contribution >= 4 is 0 Å². The van der Waals surface area contributed by atoms with Crippen molar-refractivity contribution in [1.29, 1.82) is 0 Å². The molecule has 0 unspecified atom stereocenters. The van der Waals surface area contributed by atoms with Gasteiger partial charge < -0.3 is 11.1 Å². The number of nitrogens with two attached hydrogens (primary N) is 1. The molecule has 0 aliphatic carbocycles. The third-order valence-corrected chi connectivity index (χ3v) is 1.89. The Kier molecular flexibility index (Phi) is 5.51. The SMILES string of the molecule is CC(C)CC(C)(C)CNCCN. The van der Waals surface area contributed by atoms with E-state index < -0.39 is 0 Å². The van der Waals surface area contributed by atoms with Gasteiger partial charge in [0, 0.05) is 19.6 Å². The summed E-state index contributed by atoms with van der Waals surface area (Å²) in [4.78, 5) is 0. The number of rotatable bonds is 6. The van der Waals surface area contributed by atoms with Gasteiger partial charge in [0.05, 0.1) is 0 Å². The fourth-order valence-electron chi connectivity index (χ4n) is 1.71. The zero-order valence-corrected chi connectivity index (χ0v) is 8.98. The van der Waals surface area contributed by atoms with Gasteiger partial charge in [-0.05, 0) is 17.8 Å². The third kappa shape index (κ3) is 6.62. The second kappa shape index (κ2) is 5.55. The van der Waals surface area contributed by atoms with Crippen molar-refractivity contribution in [2.24, 2.45) is 17.1 Å². The molecular weight excluding hydrogens is 148 g/mol. The lowest BCUT2D eigenvalue weighted by molar-refractivity contribution is 0.275. The summed E-state index contributed by atoms with van der Waals surface area (Å²) < 4.78 is 0. The minimum atomic E-state index is 0.406. The summed E-state index contributed by atoms with van der Waals surface area (Å²) in [6.45, 7) is 11.9. The van der Waals surface area contributed by atoms with Gasteiger partial charge >= 0.3 is 0 Å². The summed E-state index contributed by atoms with van der Waals surface area (Å²) in [7, 11) is 0. The lowest BCUT2D eigenvalue weighted by atomic mass is 9.84. The maximum absolute atomic E-state index is 5.40. The Morgan fingerprint density at radius 2 is 1.92 bits per heavy atom. The molecule has 0 saturated carbocycles. The minimum Gasteiger partial charge on any atom is -0.329 e. The zero-order chi connectivity index (χ0) is 9.61. The van der Waals surface area contributed by atoms with Crippen LogP contribution in [0.5, 0.6) is 0 Å². The van der Waals surface area contributed by atoms with Crippen LogP contribution in [0.25, 0.3) is 0 Å². The van der Waals surface area contributed by atoms with Crippen LogP contribution < -0.4 is 11.1 Å². The van der Waals surface area contributed by atoms with E-state index >= 15 is 0 Å². The molecule has 0 atom stereocenters. The molecule has 3 N–H and O–H groups in total. The van der Waals surface area contributed by atoms with E-state index in [4.69, 9.17) is 5.73 Å². The summed E-state index contributed by atoms with van der Waals surface area (Å²) in [6, 6.07) is 0. The van der Waals surface area contributed by atoms with Crippen LogP contribution in [-0.4, -0.2) is 19.6 Å². The van der Waals surface area contributed by atoms with E-state index in [-0.39, 0.29) is 0 Å². The molecular formula is C10H24N2. The van der Waals surface area contributed by atoms with E-state index in [0.29, 0.717) is 5.41 Å². The number of hydrogen-bond donors (Lipinski definition) is 2. The van der Waals surface area contributed by atoms with Crippen LogP contribution in [0.15, 0.2) is 0 Å². The highest BCUT2D eigenvalue weighted by atomic mass is 14.9. The fourth-order valence-corrected chi connectivity index (χ4v) is 1.71. The van der Waals surface area contributed by atoms with Gasteiger partial charge in [0.1, 0.15) is 0 Å². The van der Waals surface area contributed by atoms with Crippen molar-refractivity contribution in [2.75, 3.05) is 19.6 Å². The van der Waals surface area contributed by atoms with Crippen molar-refractivity contribution in [3.05, 3.63) is 0 Å². The quantitative estimate of drug-likeness (QED) is 0.597. The Bertz CT molecular complexity index is 108. The summed E-state index contributed by atoms with van der Waals surface area (Å²) >= 11 is 0. The molecule has 0 bridgehead atoms. The molecule has 0 aromatic rings. The van der Waals surface area contributed by atoms with E-state index in [0.717, 1.165) is 25.6 Å². The van der Waals surface area contributed by atoms with E-state index in [1.165, 1.54) is 6.42 Å². The Balaban J connectivity index is 3.56. The molecule has 0 radical (unpaired) electrons. The zero-order valence-electron chi connectivity index (χ0n) is 8.98. The van der Waals surface area contributed by atoms with Crippen molar-refractivity contribution in [3.8, 4) is 0 Å². The van der Waals surface area contributed by atoms with Crippen LogP contribution in [0, 0.1) is 11.3 Å². The van der Waals surface area contributed by atoms with Crippen LogP contribution in [0.3, 0.4) is 0 Å². The van der Waals surface area contributed by atoms with Gasteiger partial charge in [-0.15, -0.1) is 0 Å². The van der Waals surface area contributed by atoms with Gasteiger partial charge in [-0.2, -0.15) is 0 Å². The smallest absolute Gasteiger partial charge is 0.00747 e. The van der Waals surface area contributed by atoms with Crippen molar-refractivity contribution in [1.82, 2.24) is 5.32 Å². The van der Waals surface area contributed by atoms with Gasteiger partial charge in [-0.1, -0.05) is 27.7 Å². The lowest BCUT2D eigenvalue weighted by Crippen LogP contribution is -2.33. The molecule has 0 spiro atoms. The molecule has 2 nitrogen and oxygen atoms in total. The van der Waals surface area contributed by atoms with Crippen molar-refractivity contribution in [3.63, 3.8) is 0 Å². The third-order valence-electron chi connectivity index (χ3n) is 1.89. The summed E-state index contributed by atoms with van der Waals surface area (Å²) in [5.41, 5.74) is 5.80. The highest BCUT2D eigenvalue weighted by Gasteiger charge is 2.18. The largest absolute Gasteiger partial charge is 0.329 e. The van der Waals surface area contributed by atoms with Crippen LogP contribution >= 0.6 is 0 Å². The maximum Gasteiger partial charge on any atom is 0.00747 e. The van der Waals surface area contributed by atoms with E-state index in [9.17, 15) is 0 Å². The first-order valence-corrected chi connectivity index (χ1v) is 4.89. The molecule has 0 heterocycles. The van der Waals surface area contributed by atoms with Crippen LogP contribution in [0.4, 0.5) is 0 Å².